The van der Waals surface area contributed by atoms with Crippen LogP contribution in [0.5, 0.6) is 0 Å². The molecule has 1 atom stereocenters. The SMILES string of the molecule is CN(CC(=O)N[C@@H]1CCCc2ccccc21)c1nnc(N2CCCC2=O)s1. The number of fused-ring (bicyclic) bond motifs is 1. The molecule has 8 heteroatoms. The van der Waals surface area contributed by atoms with E-state index in [2.05, 4.69) is 33.7 Å². The number of carbonyl (C=O) groups excluding carboxylic acids is 2. The Hall–Kier alpha value is -2.48. The van der Waals surface area contributed by atoms with Crippen LogP contribution in [-0.2, 0) is 16.0 Å². The largest absolute Gasteiger partial charge is 0.348 e. The number of aryl methyl sites for hydroxylation is 1. The summed E-state index contributed by atoms with van der Waals surface area (Å²) in [5, 5.41) is 12.7. The van der Waals surface area contributed by atoms with E-state index in [0.717, 1.165) is 25.7 Å². The first-order valence-corrected chi connectivity index (χ1v) is 10.2. The maximum atomic E-state index is 12.6. The van der Waals surface area contributed by atoms with E-state index in [0.29, 0.717) is 23.2 Å². The lowest BCUT2D eigenvalue weighted by molar-refractivity contribution is -0.120. The van der Waals surface area contributed by atoms with Gasteiger partial charge in [0.25, 0.3) is 0 Å². The van der Waals surface area contributed by atoms with Gasteiger partial charge in [-0.25, -0.2) is 0 Å². The lowest BCUT2D eigenvalue weighted by Crippen LogP contribution is -2.38. The van der Waals surface area contributed by atoms with Crippen LogP contribution in [0.25, 0.3) is 0 Å². The molecule has 2 aliphatic rings. The van der Waals surface area contributed by atoms with Crippen molar-refractivity contribution < 1.29 is 9.59 Å². The number of hydrogen-bond acceptors (Lipinski definition) is 6. The Morgan fingerprint density at radius 1 is 1.30 bits per heavy atom. The van der Waals surface area contributed by atoms with Crippen LogP contribution in [-0.4, -0.2) is 42.1 Å². The van der Waals surface area contributed by atoms with Gasteiger partial charge >= 0.3 is 0 Å². The molecular formula is C19H23N5O2S. The maximum Gasteiger partial charge on any atom is 0.240 e. The fraction of sp³-hybridized carbons (Fsp3) is 0.474. The summed E-state index contributed by atoms with van der Waals surface area (Å²) < 4.78 is 0. The predicted molar refractivity (Wildman–Crippen MR) is 105 cm³/mol. The van der Waals surface area contributed by atoms with E-state index >= 15 is 0 Å². The second-order valence-corrected chi connectivity index (χ2v) is 8.02. The number of hydrogen-bond donors (Lipinski definition) is 1. The molecule has 142 valence electrons. The molecule has 2 amide bonds. The number of anilines is 2. The van der Waals surface area contributed by atoms with Crippen molar-refractivity contribution in [3.05, 3.63) is 35.4 Å². The van der Waals surface area contributed by atoms with Crippen molar-refractivity contribution in [1.29, 1.82) is 0 Å². The number of likely N-dealkylation sites (N-methyl/N-ethyl adjacent to an activating group) is 1. The van der Waals surface area contributed by atoms with Crippen molar-refractivity contribution in [1.82, 2.24) is 15.5 Å². The van der Waals surface area contributed by atoms with Crippen LogP contribution in [0.2, 0.25) is 0 Å². The Bertz CT molecular complexity index is 852. The second-order valence-electron chi connectivity index (χ2n) is 7.08. The Balaban J connectivity index is 1.37. The smallest absolute Gasteiger partial charge is 0.240 e. The minimum absolute atomic E-state index is 0.0341. The third-order valence-electron chi connectivity index (χ3n) is 5.12. The lowest BCUT2D eigenvalue weighted by atomic mass is 9.88. The van der Waals surface area contributed by atoms with E-state index < -0.39 is 0 Å². The second kappa shape index (κ2) is 7.64. The van der Waals surface area contributed by atoms with Gasteiger partial charge in [0.1, 0.15) is 0 Å². The summed E-state index contributed by atoms with van der Waals surface area (Å²) in [4.78, 5) is 27.9. The number of nitrogens with one attached hydrogen (secondary N) is 1. The number of amides is 2. The molecule has 4 rings (SSSR count). The third-order valence-corrected chi connectivity index (χ3v) is 6.18. The van der Waals surface area contributed by atoms with Crippen molar-refractivity contribution in [3.63, 3.8) is 0 Å². The zero-order valence-corrected chi connectivity index (χ0v) is 16.2. The van der Waals surface area contributed by atoms with Crippen LogP contribution >= 0.6 is 11.3 Å². The van der Waals surface area contributed by atoms with Gasteiger partial charge in [0.05, 0.1) is 12.6 Å². The van der Waals surface area contributed by atoms with E-state index in [9.17, 15) is 9.59 Å². The summed E-state index contributed by atoms with van der Waals surface area (Å²) >= 11 is 1.35. The van der Waals surface area contributed by atoms with Crippen LogP contribution in [0, 0.1) is 0 Å². The van der Waals surface area contributed by atoms with E-state index in [4.69, 9.17) is 0 Å². The highest BCUT2D eigenvalue weighted by molar-refractivity contribution is 7.19. The van der Waals surface area contributed by atoms with Crippen LogP contribution in [0.4, 0.5) is 10.3 Å². The summed E-state index contributed by atoms with van der Waals surface area (Å²) in [6, 6.07) is 8.39. The molecule has 0 spiro atoms. The lowest BCUT2D eigenvalue weighted by Gasteiger charge is -2.27. The Morgan fingerprint density at radius 2 is 2.15 bits per heavy atom. The Morgan fingerprint density at radius 3 is 2.96 bits per heavy atom. The fourth-order valence-corrected chi connectivity index (χ4v) is 4.60. The number of nitrogens with zero attached hydrogens (tertiary/aromatic N) is 4. The predicted octanol–water partition coefficient (Wildman–Crippen LogP) is 2.29. The molecule has 1 aromatic heterocycles. The van der Waals surface area contributed by atoms with Crippen molar-refractivity contribution in [3.8, 4) is 0 Å². The average Bonchev–Trinajstić information content (AvgIpc) is 3.30. The number of benzene rings is 1. The van der Waals surface area contributed by atoms with Gasteiger partial charge in [-0.2, -0.15) is 0 Å². The molecule has 2 heterocycles. The molecule has 2 aromatic rings. The van der Waals surface area contributed by atoms with Gasteiger partial charge < -0.3 is 10.2 Å². The van der Waals surface area contributed by atoms with Gasteiger partial charge in [0.2, 0.25) is 22.1 Å². The highest BCUT2D eigenvalue weighted by Crippen LogP contribution is 2.30. The topological polar surface area (TPSA) is 78.4 Å². The molecule has 0 bridgehead atoms. The molecule has 1 aliphatic heterocycles. The molecule has 1 aliphatic carbocycles. The number of aromatic nitrogens is 2. The summed E-state index contributed by atoms with van der Waals surface area (Å²) in [6.45, 7) is 0.903. The van der Waals surface area contributed by atoms with Crippen LogP contribution < -0.4 is 15.1 Å². The summed E-state index contributed by atoms with van der Waals surface area (Å²) in [7, 11) is 1.82. The van der Waals surface area contributed by atoms with E-state index in [1.807, 2.05) is 13.1 Å². The first-order valence-electron chi connectivity index (χ1n) is 9.34. The maximum absolute atomic E-state index is 12.6. The zero-order valence-electron chi connectivity index (χ0n) is 15.4. The third kappa shape index (κ3) is 3.80. The molecule has 1 saturated heterocycles. The van der Waals surface area contributed by atoms with Gasteiger partial charge in [0, 0.05) is 20.0 Å². The molecule has 1 N–H and O–H groups in total. The number of carbonyl (C=O) groups is 2. The minimum atomic E-state index is -0.0341. The normalized spacial score (nSPS) is 19.1. The first-order chi connectivity index (χ1) is 13.1. The van der Waals surface area contributed by atoms with E-state index in [-0.39, 0.29) is 24.4 Å². The summed E-state index contributed by atoms with van der Waals surface area (Å²) in [5.74, 6) is 0.0576. The van der Waals surface area contributed by atoms with Crippen molar-refractivity contribution in [2.45, 2.75) is 38.1 Å². The average molecular weight is 385 g/mol. The first kappa shape index (κ1) is 17.9. The van der Waals surface area contributed by atoms with Gasteiger partial charge in [-0.15, -0.1) is 10.2 Å². The van der Waals surface area contributed by atoms with Gasteiger partial charge in [-0.1, -0.05) is 35.6 Å². The molecule has 0 radical (unpaired) electrons. The molecule has 0 unspecified atom stereocenters. The standard InChI is InChI=1S/C19H23N5O2S/c1-23(18-21-22-19(27-18)24-11-5-10-17(24)26)12-16(25)20-15-9-4-7-13-6-2-3-8-14(13)15/h2-3,6,8,15H,4-5,7,9-12H2,1H3,(H,20,25)/t15-/m1/s1. The Labute approximate surface area is 162 Å². The van der Waals surface area contributed by atoms with Crippen molar-refractivity contribution in [2.75, 3.05) is 29.9 Å². The van der Waals surface area contributed by atoms with Crippen LogP contribution in [0.1, 0.15) is 42.9 Å². The monoisotopic (exact) mass is 385 g/mol. The quantitative estimate of drug-likeness (QED) is 0.854. The van der Waals surface area contributed by atoms with Gasteiger partial charge in [-0.3, -0.25) is 14.5 Å². The Kier molecular flexibility index (Phi) is 5.07. The fourth-order valence-electron chi connectivity index (χ4n) is 3.75. The molecular weight excluding hydrogens is 362 g/mol. The minimum Gasteiger partial charge on any atom is -0.348 e. The molecule has 0 saturated carbocycles. The molecule has 7 nitrogen and oxygen atoms in total. The van der Waals surface area contributed by atoms with E-state index in [1.165, 1.54) is 22.5 Å². The van der Waals surface area contributed by atoms with Crippen molar-refractivity contribution >= 4 is 33.4 Å². The van der Waals surface area contributed by atoms with Gasteiger partial charge in [0.15, 0.2) is 0 Å². The zero-order chi connectivity index (χ0) is 18.8. The van der Waals surface area contributed by atoms with Crippen LogP contribution in [0.15, 0.2) is 24.3 Å². The molecule has 27 heavy (non-hydrogen) atoms. The number of rotatable bonds is 5. The van der Waals surface area contributed by atoms with Crippen molar-refractivity contribution in [2.24, 2.45) is 0 Å². The highest BCUT2D eigenvalue weighted by Gasteiger charge is 2.26. The molecule has 1 fully saturated rings. The van der Waals surface area contributed by atoms with E-state index in [1.54, 1.807) is 9.80 Å². The van der Waals surface area contributed by atoms with Crippen LogP contribution in [0.3, 0.4) is 0 Å². The summed E-state index contributed by atoms with van der Waals surface area (Å²) in [6.07, 6.45) is 4.55. The highest BCUT2D eigenvalue weighted by atomic mass is 32.1. The summed E-state index contributed by atoms with van der Waals surface area (Å²) in [5.41, 5.74) is 2.55. The molecule has 1 aromatic carbocycles. The van der Waals surface area contributed by atoms with Gasteiger partial charge in [-0.05, 0) is 36.8 Å².